The Balaban J connectivity index is 2.62. The van der Waals surface area contributed by atoms with Gasteiger partial charge >= 0.3 is 0 Å². The van der Waals surface area contributed by atoms with Crippen molar-refractivity contribution >= 4 is 0 Å². The van der Waals surface area contributed by atoms with Crippen LogP contribution >= 0.6 is 0 Å². The maximum atomic E-state index is 10.6. The van der Waals surface area contributed by atoms with Crippen LogP contribution in [0.15, 0.2) is 24.3 Å². The fourth-order valence-corrected chi connectivity index (χ4v) is 2.46. The number of nitrogens with zero attached hydrogens (tertiary/aromatic N) is 2. The van der Waals surface area contributed by atoms with Crippen LogP contribution in [-0.2, 0) is 6.42 Å². The molecule has 1 heterocycles. The van der Waals surface area contributed by atoms with Crippen molar-refractivity contribution in [1.29, 1.82) is 0 Å². The molecule has 0 atom stereocenters. The molecule has 0 saturated carbocycles. The smallest absolute Gasteiger partial charge is 0.164 e. The highest BCUT2D eigenvalue weighted by atomic mass is 16.3. The highest BCUT2D eigenvalue weighted by molar-refractivity contribution is 5.70. The number of hydrogen-bond acceptors (Lipinski definition) is 2. The number of rotatable bonds is 4. The van der Waals surface area contributed by atoms with Gasteiger partial charge in [-0.3, -0.25) is 4.68 Å². The molecule has 2 rings (SSSR count). The molecular formula is C17H24N2O. The second-order valence-corrected chi connectivity index (χ2v) is 6.10. The van der Waals surface area contributed by atoms with Gasteiger partial charge in [0.15, 0.2) is 5.75 Å². The van der Waals surface area contributed by atoms with Gasteiger partial charge in [0.1, 0.15) is 11.4 Å². The van der Waals surface area contributed by atoms with E-state index in [1.807, 2.05) is 22.9 Å². The Labute approximate surface area is 121 Å². The standard InChI is InChI=1S/C17H24N2O/c1-11(2)10-15-17(20)16(19(18-15)12(3)4)14-9-7-6-8-13(14)5/h6-9,11-12,20H,10H2,1-5H3. The third-order valence-corrected chi connectivity index (χ3v) is 3.45. The number of aromatic nitrogens is 2. The minimum atomic E-state index is 0.219. The molecule has 1 N–H and O–H groups in total. The molecule has 20 heavy (non-hydrogen) atoms. The Morgan fingerprint density at radius 1 is 1.15 bits per heavy atom. The lowest BCUT2D eigenvalue weighted by molar-refractivity contribution is 0.463. The SMILES string of the molecule is Cc1ccccc1-c1c(O)c(CC(C)C)nn1C(C)C. The molecule has 3 nitrogen and oxygen atoms in total. The average molecular weight is 272 g/mol. The number of benzene rings is 1. The zero-order valence-electron chi connectivity index (χ0n) is 13.0. The van der Waals surface area contributed by atoms with Gasteiger partial charge in [-0.1, -0.05) is 38.1 Å². The molecular weight excluding hydrogens is 248 g/mol. The average Bonchev–Trinajstić information content (AvgIpc) is 2.67. The first-order valence-corrected chi connectivity index (χ1v) is 7.28. The maximum absolute atomic E-state index is 10.6. The van der Waals surface area contributed by atoms with Crippen LogP contribution in [0.3, 0.4) is 0 Å². The molecule has 1 aromatic carbocycles. The van der Waals surface area contributed by atoms with Crippen molar-refractivity contribution in [2.24, 2.45) is 5.92 Å². The summed E-state index contributed by atoms with van der Waals surface area (Å²) in [5.41, 5.74) is 3.85. The van der Waals surface area contributed by atoms with Gasteiger partial charge in [-0.2, -0.15) is 5.10 Å². The van der Waals surface area contributed by atoms with Gasteiger partial charge < -0.3 is 5.11 Å². The van der Waals surface area contributed by atoms with Gasteiger partial charge in [-0.05, 0) is 38.7 Å². The van der Waals surface area contributed by atoms with Crippen molar-refractivity contribution < 1.29 is 5.11 Å². The molecule has 0 unspecified atom stereocenters. The van der Waals surface area contributed by atoms with Crippen molar-refractivity contribution in [1.82, 2.24) is 9.78 Å². The second kappa shape index (κ2) is 5.70. The van der Waals surface area contributed by atoms with Gasteiger partial charge in [0.05, 0.1) is 0 Å². The fourth-order valence-electron chi connectivity index (χ4n) is 2.46. The molecule has 0 aliphatic carbocycles. The third-order valence-electron chi connectivity index (χ3n) is 3.45. The topological polar surface area (TPSA) is 38.1 Å². The Morgan fingerprint density at radius 2 is 1.80 bits per heavy atom. The molecule has 3 heteroatoms. The maximum Gasteiger partial charge on any atom is 0.164 e. The number of hydrogen-bond donors (Lipinski definition) is 1. The molecule has 0 amide bonds. The molecule has 0 radical (unpaired) electrons. The lowest BCUT2D eigenvalue weighted by Crippen LogP contribution is -2.06. The molecule has 0 aliphatic rings. The molecule has 0 bridgehead atoms. The van der Waals surface area contributed by atoms with E-state index in [2.05, 4.69) is 45.8 Å². The number of aromatic hydroxyl groups is 1. The van der Waals surface area contributed by atoms with Gasteiger partial charge in [-0.15, -0.1) is 0 Å². The van der Waals surface area contributed by atoms with Crippen LogP contribution in [-0.4, -0.2) is 14.9 Å². The molecule has 0 aliphatic heterocycles. The van der Waals surface area contributed by atoms with E-state index >= 15 is 0 Å². The Kier molecular flexibility index (Phi) is 4.17. The number of aryl methyl sites for hydroxylation is 1. The predicted octanol–water partition coefficient (Wildman–Crippen LogP) is 4.34. The molecule has 108 valence electrons. The lowest BCUT2D eigenvalue weighted by atomic mass is 10.0. The minimum absolute atomic E-state index is 0.219. The monoisotopic (exact) mass is 272 g/mol. The van der Waals surface area contributed by atoms with E-state index in [1.54, 1.807) is 0 Å². The molecule has 1 aromatic heterocycles. The molecule has 0 spiro atoms. The van der Waals surface area contributed by atoms with Crippen LogP contribution in [0.1, 0.15) is 45.0 Å². The van der Waals surface area contributed by atoms with E-state index in [-0.39, 0.29) is 6.04 Å². The zero-order chi connectivity index (χ0) is 14.9. The second-order valence-electron chi connectivity index (χ2n) is 6.10. The van der Waals surface area contributed by atoms with Crippen molar-refractivity contribution in [2.45, 2.75) is 47.1 Å². The van der Waals surface area contributed by atoms with Gasteiger partial charge in [0.2, 0.25) is 0 Å². The Hall–Kier alpha value is -1.77. The van der Waals surface area contributed by atoms with E-state index in [1.165, 1.54) is 0 Å². The molecule has 2 aromatic rings. The highest BCUT2D eigenvalue weighted by Gasteiger charge is 2.21. The van der Waals surface area contributed by atoms with Gasteiger partial charge in [0.25, 0.3) is 0 Å². The molecule has 0 fully saturated rings. The van der Waals surface area contributed by atoms with Crippen molar-refractivity contribution in [2.75, 3.05) is 0 Å². The van der Waals surface area contributed by atoms with Gasteiger partial charge in [0, 0.05) is 11.6 Å². The summed E-state index contributed by atoms with van der Waals surface area (Å²) in [4.78, 5) is 0. The first-order valence-electron chi connectivity index (χ1n) is 7.28. The summed E-state index contributed by atoms with van der Waals surface area (Å²) in [5, 5.41) is 15.2. The van der Waals surface area contributed by atoms with E-state index in [9.17, 15) is 5.11 Å². The zero-order valence-corrected chi connectivity index (χ0v) is 13.0. The lowest BCUT2D eigenvalue weighted by Gasteiger charge is -2.12. The van der Waals surface area contributed by atoms with E-state index in [0.717, 1.165) is 28.9 Å². The van der Waals surface area contributed by atoms with Crippen LogP contribution in [0.25, 0.3) is 11.3 Å². The van der Waals surface area contributed by atoms with Gasteiger partial charge in [-0.25, -0.2) is 0 Å². The summed E-state index contributed by atoms with van der Waals surface area (Å²) < 4.78 is 1.94. The Morgan fingerprint density at radius 3 is 2.35 bits per heavy atom. The molecule has 0 saturated heterocycles. The van der Waals surface area contributed by atoms with Crippen LogP contribution in [0, 0.1) is 12.8 Å². The fraction of sp³-hybridized carbons (Fsp3) is 0.471. The van der Waals surface area contributed by atoms with Crippen LogP contribution in [0.5, 0.6) is 5.75 Å². The summed E-state index contributed by atoms with van der Waals surface area (Å²) in [7, 11) is 0. The first-order chi connectivity index (χ1) is 9.41. The highest BCUT2D eigenvalue weighted by Crippen LogP contribution is 2.36. The summed E-state index contributed by atoms with van der Waals surface area (Å²) in [5.74, 6) is 0.808. The van der Waals surface area contributed by atoms with Crippen molar-refractivity contribution in [3.8, 4) is 17.0 Å². The summed E-state index contributed by atoms with van der Waals surface area (Å²) in [6, 6.07) is 8.35. The predicted molar refractivity (Wildman–Crippen MR) is 83.0 cm³/mol. The van der Waals surface area contributed by atoms with Crippen LogP contribution < -0.4 is 0 Å². The van der Waals surface area contributed by atoms with E-state index < -0.39 is 0 Å². The summed E-state index contributed by atoms with van der Waals surface area (Å²) >= 11 is 0. The largest absolute Gasteiger partial charge is 0.504 e. The van der Waals surface area contributed by atoms with Crippen molar-refractivity contribution in [3.63, 3.8) is 0 Å². The first kappa shape index (κ1) is 14.6. The minimum Gasteiger partial charge on any atom is -0.504 e. The van der Waals surface area contributed by atoms with Crippen LogP contribution in [0.2, 0.25) is 0 Å². The third kappa shape index (κ3) is 2.72. The normalized spacial score (nSPS) is 11.6. The van der Waals surface area contributed by atoms with E-state index in [0.29, 0.717) is 11.7 Å². The summed E-state index contributed by atoms with van der Waals surface area (Å²) in [6.07, 6.45) is 0.796. The Bertz CT molecular complexity index is 597. The summed E-state index contributed by atoms with van der Waals surface area (Å²) in [6.45, 7) is 10.5. The van der Waals surface area contributed by atoms with Crippen molar-refractivity contribution in [3.05, 3.63) is 35.5 Å². The van der Waals surface area contributed by atoms with E-state index in [4.69, 9.17) is 0 Å². The van der Waals surface area contributed by atoms with Crippen LogP contribution in [0.4, 0.5) is 0 Å². The quantitative estimate of drug-likeness (QED) is 0.899.